The molecule has 31 heavy (non-hydrogen) atoms. The van der Waals surface area contributed by atoms with Gasteiger partial charge in [-0.1, -0.05) is 30.3 Å². The Labute approximate surface area is 178 Å². The SMILES string of the molecule is CNC(=O)C(NC(=O)Nc1cc2cnn(-c3ccnc(C)c3)c2cn1)c1ccccc1. The summed E-state index contributed by atoms with van der Waals surface area (Å²) in [5.41, 5.74) is 3.23. The first-order valence-electron chi connectivity index (χ1n) is 9.66. The maximum atomic E-state index is 12.5. The molecule has 9 heteroatoms. The van der Waals surface area contributed by atoms with Gasteiger partial charge in [0, 0.05) is 24.3 Å². The minimum Gasteiger partial charge on any atom is -0.357 e. The van der Waals surface area contributed by atoms with Crippen molar-refractivity contribution in [3.63, 3.8) is 0 Å². The van der Waals surface area contributed by atoms with Crippen molar-refractivity contribution >= 4 is 28.7 Å². The van der Waals surface area contributed by atoms with E-state index in [1.54, 1.807) is 41.5 Å². The van der Waals surface area contributed by atoms with Gasteiger partial charge >= 0.3 is 6.03 Å². The minimum atomic E-state index is -0.826. The van der Waals surface area contributed by atoms with Gasteiger partial charge in [-0.15, -0.1) is 0 Å². The molecule has 0 fully saturated rings. The van der Waals surface area contributed by atoms with Gasteiger partial charge in [-0.2, -0.15) is 5.10 Å². The van der Waals surface area contributed by atoms with E-state index in [1.807, 2.05) is 37.3 Å². The number of nitrogens with zero attached hydrogens (tertiary/aromatic N) is 4. The number of nitrogens with one attached hydrogen (secondary N) is 3. The number of hydrogen-bond acceptors (Lipinski definition) is 5. The molecule has 156 valence electrons. The van der Waals surface area contributed by atoms with E-state index < -0.39 is 12.1 Å². The molecular formula is C22H21N7O2. The van der Waals surface area contributed by atoms with Crippen LogP contribution in [0.4, 0.5) is 10.6 Å². The number of carbonyl (C=O) groups is 2. The number of pyridine rings is 2. The van der Waals surface area contributed by atoms with Gasteiger partial charge in [0.2, 0.25) is 5.91 Å². The van der Waals surface area contributed by atoms with Gasteiger partial charge in [0.05, 0.1) is 23.6 Å². The van der Waals surface area contributed by atoms with Crippen molar-refractivity contribution < 1.29 is 9.59 Å². The Bertz CT molecular complexity index is 1240. The van der Waals surface area contributed by atoms with Crippen molar-refractivity contribution in [1.82, 2.24) is 30.4 Å². The van der Waals surface area contributed by atoms with E-state index in [0.717, 1.165) is 22.3 Å². The van der Waals surface area contributed by atoms with Crippen LogP contribution in [0.2, 0.25) is 0 Å². The zero-order chi connectivity index (χ0) is 21.8. The van der Waals surface area contributed by atoms with Crippen LogP contribution in [0.5, 0.6) is 0 Å². The lowest BCUT2D eigenvalue weighted by molar-refractivity contribution is -0.122. The number of anilines is 1. The Morgan fingerprint density at radius 2 is 1.84 bits per heavy atom. The fourth-order valence-corrected chi connectivity index (χ4v) is 3.24. The van der Waals surface area contributed by atoms with Crippen molar-refractivity contribution in [2.45, 2.75) is 13.0 Å². The molecular weight excluding hydrogens is 394 g/mol. The molecule has 4 rings (SSSR count). The number of rotatable bonds is 5. The highest BCUT2D eigenvalue weighted by atomic mass is 16.2. The molecule has 0 saturated heterocycles. The summed E-state index contributed by atoms with van der Waals surface area (Å²) in [6.45, 7) is 1.91. The van der Waals surface area contributed by atoms with Crippen LogP contribution in [0, 0.1) is 6.92 Å². The first kappa shape index (κ1) is 20.0. The summed E-state index contributed by atoms with van der Waals surface area (Å²) in [4.78, 5) is 33.3. The summed E-state index contributed by atoms with van der Waals surface area (Å²) in [5, 5.41) is 13.2. The maximum absolute atomic E-state index is 12.5. The Morgan fingerprint density at radius 1 is 1.03 bits per heavy atom. The summed E-state index contributed by atoms with van der Waals surface area (Å²) >= 11 is 0. The second-order valence-electron chi connectivity index (χ2n) is 6.90. The third-order valence-corrected chi connectivity index (χ3v) is 4.74. The molecule has 3 aromatic heterocycles. The van der Waals surface area contributed by atoms with Gasteiger partial charge in [0.25, 0.3) is 0 Å². The Balaban J connectivity index is 1.53. The minimum absolute atomic E-state index is 0.321. The fourth-order valence-electron chi connectivity index (χ4n) is 3.24. The predicted octanol–water partition coefficient (Wildman–Crippen LogP) is 2.73. The molecule has 1 unspecified atom stereocenters. The summed E-state index contributed by atoms with van der Waals surface area (Å²) in [6.07, 6.45) is 5.07. The van der Waals surface area contributed by atoms with Crippen molar-refractivity contribution in [3.8, 4) is 5.69 Å². The van der Waals surface area contributed by atoms with Crippen LogP contribution in [0.25, 0.3) is 16.6 Å². The van der Waals surface area contributed by atoms with Crippen LogP contribution in [0.3, 0.4) is 0 Å². The van der Waals surface area contributed by atoms with Crippen LogP contribution < -0.4 is 16.0 Å². The molecule has 3 amide bonds. The summed E-state index contributed by atoms with van der Waals surface area (Å²) < 4.78 is 1.76. The monoisotopic (exact) mass is 415 g/mol. The Kier molecular flexibility index (Phi) is 5.57. The first-order valence-corrected chi connectivity index (χ1v) is 9.66. The second kappa shape index (κ2) is 8.62. The molecule has 9 nitrogen and oxygen atoms in total. The lowest BCUT2D eigenvalue weighted by Gasteiger charge is -2.18. The molecule has 1 aromatic carbocycles. The van der Waals surface area contributed by atoms with Crippen molar-refractivity contribution in [3.05, 3.63) is 78.4 Å². The summed E-state index contributed by atoms with van der Waals surface area (Å²) in [7, 11) is 1.52. The molecule has 1 atom stereocenters. The van der Waals surface area contributed by atoms with Crippen molar-refractivity contribution in [2.75, 3.05) is 12.4 Å². The highest BCUT2D eigenvalue weighted by Gasteiger charge is 2.21. The topological polar surface area (TPSA) is 114 Å². The quantitative estimate of drug-likeness (QED) is 0.464. The van der Waals surface area contributed by atoms with Gasteiger partial charge in [-0.05, 0) is 30.7 Å². The lowest BCUT2D eigenvalue weighted by atomic mass is 10.1. The van der Waals surface area contributed by atoms with E-state index in [-0.39, 0.29) is 5.91 Å². The molecule has 3 heterocycles. The van der Waals surface area contributed by atoms with Gasteiger partial charge in [-0.3, -0.25) is 15.1 Å². The molecule has 3 N–H and O–H groups in total. The highest BCUT2D eigenvalue weighted by Crippen LogP contribution is 2.20. The van der Waals surface area contributed by atoms with Crippen LogP contribution in [-0.4, -0.2) is 38.7 Å². The van der Waals surface area contributed by atoms with Gasteiger partial charge in [-0.25, -0.2) is 14.5 Å². The second-order valence-corrected chi connectivity index (χ2v) is 6.90. The zero-order valence-corrected chi connectivity index (χ0v) is 17.0. The smallest absolute Gasteiger partial charge is 0.321 e. The van der Waals surface area contributed by atoms with E-state index in [4.69, 9.17) is 0 Å². The lowest BCUT2D eigenvalue weighted by Crippen LogP contribution is -2.41. The average molecular weight is 415 g/mol. The number of hydrogen-bond donors (Lipinski definition) is 3. The Hall–Kier alpha value is -4.27. The van der Waals surface area contributed by atoms with Crippen LogP contribution in [0.15, 0.2) is 67.1 Å². The number of fused-ring (bicyclic) bond motifs is 1. The number of likely N-dealkylation sites (N-methyl/N-ethyl adjacent to an activating group) is 1. The molecule has 0 aliphatic rings. The average Bonchev–Trinajstić information content (AvgIpc) is 3.21. The molecule has 0 aliphatic heterocycles. The first-order chi connectivity index (χ1) is 15.0. The number of amides is 3. The third kappa shape index (κ3) is 4.35. The maximum Gasteiger partial charge on any atom is 0.321 e. The molecule has 0 aliphatic carbocycles. The number of urea groups is 1. The largest absolute Gasteiger partial charge is 0.357 e. The van der Waals surface area contributed by atoms with Gasteiger partial charge < -0.3 is 10.6 Å². The molecule has 0 bridgehead atoms. The van der Waals surface area contributed by atoms with Crippen LogP contribution in [-0.2, 0) is 4.79 Å². The molecule has 0 spiro atoms. The highest BCUT2D eigenvalue weighted by molar-refractivity contribution is 5.95. The van der Waals surface area contributed by atoms with E-state index in [1.165, 1.54) is 7.05 Å². The predicted molar refractivity (Wildman–Crippen MR) is 117 cm³/mol. The Morgan fingerprint density at radius 3 is 2.58 bits per heavy atom. The standard InChI is InChI=1S/C22H21N7O2/c1-14-10-17(8-9-24-14)29-18-13-25-19(11-16(18)12-26-29)27-22(31)28-20(21(30)23-2)15-6-4-3-5-7-15/h3-13,20H,1-2H3,(H,23,30)(H2,25,27,28,31). The summed E-state index contributed by atoms with van der Waals surface area (Å²) in [5.74, 6) is 0.0258. The molecule has 4 aromatic rings. The van der Waals surface area contributed by atoms with Gasteiger partial charge in [0.1, 0.15) is 11.9 Å². The number of aryl methyl sites for hydroxylation is 1. The van der Waals surface area contributed by atoms with Crippen LogP contribution >= 0.6 is 0 Å². The van der Waals surface area contributed by atoms with E-state index in [9.17, 15) is 9.59 Å². The normalized spacial score (nSPS) is 11.7. The van der Waals surface area contributed by atoms with Crippen LogP contribution in [0.1, 0.15) is 17.3 Å². The summed E-state index contributed by atoms with van der Waals surface area (Å²) in [6, 6.07) is 13.2. The van der Waals surface area contributed by atoms with E-state index in [2.05, 4.69) is 31.0 Å². The third-order valence-electron chi connectivity index (χ3n) is 4.74. The molecule has 0 saturated carbocycles. The zero-order valence-electron chi connectivity index (χ0n) is 17.0. The molecule has 0 radical (unpaired) electrons. The fraction of sp³-hybridized carbons (Fsp3) is 0.136. The number of carbonyl (C=O) groups excluding carboxylic acids is 2. The van der Waals surface area contributed by atoms with E-state index in [0.29, 0.717) is 11.4 Å². The van der Waals surface area contributed by atoms with Crippen molar-refractivity contribution in [2.24, 2.45) is 0 Å². The van der Waals surface area contributed by atoms with Gasteiger partial charge in [0.15, 0.2) is 0 Å². The van der Waals surface area contributed by atoms with E-state index >= 15 is 0 Å². The number of benzene rings is 1. The van der Waals surface area contributed by atoms with Crippen molar-refractivity contribution in [1.29, 1.82) is 0 Å². The number of aromatic nitrogens is 4.